The summed E-state index contributed by atoms with van der Waals surface area (Å²) >= 11 is 7.93. The zero-order chi connectivity index (χ0) is 22.6. The molecule has 0 aromatic heterocycles. The van der Waals surface area contributed by atoms with E-state index in [9.17, 15) is 18.0 Å². The van der Waals surface area contributed by atoms with Gasteiger partial charge in [0, 0.05) is 22.8 Å². The molecule has 2 aromatic rings. The van der Waals surface area contributed by atoms with Crippen molar-refractivity contribution in [1.82, 2.24) is 0 Å². The fourth-order valence-electron chi connectivity index (χ4n) is 3.32. The van der Waals surface area contributed by atoms with Crippen molar-refractivity contribution in [2.24, 2.45) is 0 Å². The van der Waals surface area contributed by atoms with Gasteiger partial charge >= 0.3 is 12.1 Å². The highest BCUT2D eigenvalue weighted by molar-refractivity contribution is 7.98. The number of unbranched alkanes of at least 4 members (excludes halogenated alkanes) is 1. The lowest BCUT2D eigenvalue weighted by Gasteiger charge is -2.17. The molecular weight excluding hydrogens is 449 g/mol. The van der Waals surface area contributed by atoms with Crippen molar-refractivity contribution in [2.75, 3.05) is 12.9 Å². The molecule has 3 rings (SSSR count). The fraction of sp³-hybridized carbons (Fsp3) is 0.435. The summed E-state index contributed by atoms with van der Waals surface area (Å²) in [6, 6.07) is 10.8. The molecule has 0 bridgehead atoms. The van der Waals surface area contributed by atoms with Crippen molar-refractivity contribution in [1.29, 1.82) is 0 Å². The average Bonchev–Trinajstić information content (AvgIpc) is 3.49. The van der Waals surface area contributed by atoms with Crippen LogP contribution in [0, 0.1) is 0 Å². The molecule has 0 saturated heterocycles. The van der Waals surface area contributed by atoms with Gasteiger partial charge in [-0.1, -0.05) is 37.1 Å². The van der Waals surface area contributed by atoms with Crippen molar-refractivity contribution in [3.05, 3.63) is 47.0 Å². The van der Waals surface area contributed by atoms with Crippen molar-refractivity contribution in [3.63, 3.8) is 0 Å². The Labute approximate surface area is 189 Å². The highest BCUT2D eigenvalue weighted by Crippen LogP contribution is 2.48. The molecule has 0 amide bonds. The van der Waals surface area contributed by atoms with Crippen LogP contribution in [0.2, 0.25) is 5.02 Å². The minimum atomic E-state index is -4.48. The van der Waals surface area contributed by atoms with E-state index in [-0.39, 0.29) is 28.8 Å². The number of hydrogen-bond acceptors (Lipinski definition) is 4. The zero-order valence-electron chi connectivity index (χ0n) is 17.3. The second kappa shape index (κ2) is 10.2. The van der Waals surface area contributed by atoms with E-state index in [0.29, 0.717) is 24.0 Å². The predicted octanol–water partition coefficient (Wildman–Crippen LogP) is 7.26. The van der Waals surface area contributed by atoms with Crippen LogP contribution in [0.1, 0.15) is 44.1 Å². The molecule has 8 heteroatoms. The molecule has 0 spiro atoms. The fourth-order valence-corrected chi connectivity index (χ4v) is 4.01. The maximum atomic E-state index is 12.8. The highest BCUT2D eigenvalue weighted by atomic mass is 35.5. The Hall–Kier alpha value is -1.86. The second-order valence-electron chi connectivity index (χ2n) is 7.49. The summed E-state index contributed by atoms with van der Waals surface area (Å²) in [6.07, 6.45) is -0.00989. The van der Waals surface area contributed by atoms with Crippen molar-refractivity contribution >= 4 is 29.3 Å². The van der Waals surface area contributed by atoms with Crippen LogP contribution >= 0.6 is 23.4 Å². The number of benzene rings is 2. The maximum Gasteiger partial charge on any atom is 0.422 e. The lowest BCUT2D eigenvalue weighted by Crippen LogP contribution is -2.19. The van der Waals surface area contributed by atoms with Crippen LogP contribution in [-0.2, 0) is 9.53 Å². The van der Waals surface area contributed by atoms with E-state index in [4.69, 9.17) is 21.1 Å². The van der Waals surface area contributed by atoms with E-state index in [1.165, 1.54) is 0 Å². The lowest BCUT2D eigenvalue weighted by atomic mass is 9.99. The summed E-state index contributed by atoms with van der Waals surface area (Å²) in [5.41, 5.74) is 2.01. The minimum absolute atomic E-state index is 0.00298. The largest absolute Gasteiger partial charge is 0.482 e. The number of esters is 1. The molecule has 168 valence electrons. The minimum Gasteiger partial charge on any atom is -0.482 e. The Balaban J connectivity index is 1.87. The Kier molecular flexibility index (Phi) is 7.81. The van der Waals surface area contributed by atoms with Gasteiger partial charge in [-0.25, -0.2) is 0 Å². The van der Waals surface area contributed by atoms with Gasteiger partial charge in [-0.15, -0.1) is 11.8 Å². The number of rotatable bonds is 9. The molecule has 1 aliphatic rings. The smallest absolute Gasteiger partial charge is 0.422 e. The Morgan fingerprint density at radius 2 is 1.94 bits per heavy atom. The molecule has 1 aliphatic carbocycles. The SMILES string of the molecule is CCCCC(=O)OC1CC1c1cc(Cl)c(OCC(F)(F)F)c(-c2ccc(SC)cc2)c1. The topological polar surface area (TPSA) is 35.5 Å². The van der Waals surface area contributed by atoms with E-state index in [0.717, 1.165) is 23.3 Å². The van der Waals surface area contributed by atoms with Gasteiger partial charge in [0.15, 0.2) is 6.61 Å². The molecule has 2 aromatic carbocycles. The van der Waals surface area contributed by atoms with E-state index in [1.807, 2.05) is 37.4 Å². The summed E-state index contributed by atoms with van der Waals surface area (Å²) in [4.78, 5) is 12.9. The van der Waals surface area contributed by atoms with Crippen LogP contribution in [0.5, 0.6) is 5.75 Å². The van der Waals surface area contributed by atoms with Crippen LogP contribution in [0.4, 0.5) is 13.2 Å². The molecule has 0 aliphatic heterocycles. The number of carbonyl (C=O) groups is 1. The molecule has 1 saturated carbocycles. The van der Waals surface area contributed by atoms with Crippen molar-refractivity contribution < 1.29 is 27.4 Å². The summed E-state index contributed by atoms with van der Waals surface area (Å²) in [7, 11) is 0. The van der Waals surface area contributed by atoms with Gasteiger partial charge in [-0.2, -0.15) is 13.2 Å². The molecular formula is C23H24ClF3O3S. The monoisotopic (exact) mass is 472 g/mol. The number of ether oxygens (including phenoxy) is 2. The standard InChI is InChI=1S/C23H24ClF3O3S/c1-3-4-5-21(28)30-20-12-17(20)15-10-18(14-6-8-16(31-2)9-7-14)22(19(24)11-15)29-13-23(25,26)27/h6-11,17,20H,3-5,12-13H2,1-2H3. The first-order valence-corrected chi connectivity index (χ1v) is 11.7. The molecule has 0 heterocycles. The third kappa shape index (κ3) is 6.56. The van der Waals surface area contributed by atoms with Crippen LogP contribution in [0.3, 0.4) is 0 Å². The Bertz CT molecular complexity index is 916. The summed E-state index contributed by atoms with van der Waals surface area (Å²) in [5, 5.41) is 0.105. The van der Waals surface area contributed by atoms with Crippen LogP contribution in [0.25, 0.3) is 11.1 Å². The lowest BCUT2D eigenvalue weighted by molar-refractivity contribution is -0.153. The third-order valence-corrected chi connectivity index (χ3v) is 6.05. The number of alkyl halides is 3. The predicted molar refractivity (Wildman–Crippen MR) is 117 cm³/mol. The Morgan fingerprint density at radius 1 is 1.23 bits per heavy atom. The molecule has 3 nitrogen and oxygen atoms in total. The first-order chi connectivity index (χ1) is 14.7. The summed E-state index contributed by atoms with van der Waals surface area (Å²) < 4.78 is 48.9. The molecule has 1 fully saturated rings. The van der Waals surface area contributed by atoms with Gasteiger partial charge in [0.25, 0.3) is 0 Å². The first-order valence-electron chi connectivity index (χ1n) is 10.1. The number of carbonyl (C=O) groups excluding carboxylic acids is 1. The number of thioether (sulfide) groups is 1. The number of hydrogen-bond donors (Lipinski definition) is 0. The van der Waals surface area contributed by atoms with E-state index in [1.54, 1.807) is 23.9 Å². The van der Waals surface area contributed by atoms with Crippen molar-refractivity contribution in [2.45, 2.75) is 55.7 Å². The highest BCUT2D eigenvalue weighted by Gasteiger charge is 2.42. The number of halogens is 4. The van der Waals surface area contributed by atoms with Crippen molar-refractivity contribution in [3.8, 4) is 16.9 Å². The Morgan fingerprint density at radius 3 is 2.55 bits per heavy atom. The van der Waals surface area contributed by atoms with Gasteiger partial charge in [0.2, 0.25) is 0 Å². The second-order valence-corrected chi connectivity index (χ2v) is 8.77. The maximum absolute atomic E-state index is 12.8. The normalized spacial score (nSPS) is 18.0. The van der Waals surface area contributed by atoms with E-state index < -0.39 is 12.8 Å². The van der Waals surface area contributed by atoms with Gasteiger partial charge in [-0.3, -0.25) is 4.79 Å². The average molecular weight is 473 g/mol. The van der Waals surface area contributed by atoms with E-state index >= 15 is 0 Å². The van der Waals surface area contributed by atoms with E-state index in [2.05, 4.69) is 0 Å². The first kappa shape index (κ1) is 23.8. The molecule has 0 N–H and O–H groups in total. The van der Waals surface area contributed by atoms with Gasteiger partial charge in [0.1, 0.15) is 11.9 Å². The van der Waals surface area contributed by atoms with Gasteiger partial charge in [0.05, 0.1) is 5.02 Å². The zero-order valence-corrected chi connectivity index (χ0v) is 18.9. The molecule has 2 atom stereocenters. The van der Waals surface area contributed by atoms with Gasteiger partial charge < -0.3 is 9.47 Å². The van der Waals surface area contributed by atoms with Crippen LogP contribution < -0.4 is 4.74 Å². The summed E-state index contributed by atoms with van der Waals surface area (Å²) in [5.74, 6) is -0.251. The van der Waals surface area contributed by atoms with Crippen LogP contribution in [-0.4, -0.2) is 31.1 Å². The molecule has 2 unspecified atom stereocenters. The van der Waals surface area contributed by atoms with Crippen LogP contribution in [0.15, 0.2) is 41.3 Å². The summed E-state index contributed by atoms with van der Waals surface area (Å²) in [6.45, 7) is 0.577. The molecule has 31 heavy (non-hydrogen) atoms. The third-order valence-electron chi connectivity index (χ3n) is 5.02. The molecule has 0 radical (unpaired) electrons. The quantitative estimate of drug-likeness (QED) is 0.284. The van der Waals surface area contributed by atoms with Gasteiger partial charge in [-0.05, 0) is 54.5 Å².